The molecular formula is C6H9NO2S. The van der Waals surface area contributed by atoms with Gasteiger partial charge in [0.15, 0.2) is 6.04 Å². The number of carbonyl (C=O) groups excluding carboxylic acids is 1. The first-order chi connectivity index (χ1) is 4.84. The molecule has 1 heterocycles. The number of carbonyl (C=O) groups is 1. The average molecular weight is 159 g/mol. The van der Waals surface area contributed by atoms with E-state index >= 15 is 0 Å². The van der Waals surface area contributed by atoms with E-state index in [4.69, 9.17) is 4.74 Å². The molecule has 0 aliphatic carbocycles. The topological polar surface area (TPSA) is 38.7 Å². The molecule has 1 aliphatic rings. The fraction of sp³-hybridized carbons (Fsp3) is 0.667. The number of nitrogens with zero attached hydrogens (tertiary/aromatic N) is 1. The monoisotopic (exact) mass is 159 g/mol. The minimum Gasteiger partial charge on any atom is -0.464 e. The number of hydrogen-bond acceptors (Lipinski definition) is 4. The van der Waals surface area contributed by atoms with E-state index in [0.29, 0.717) is 6.61 Å². The molecular weight excluding hydrogens is 150 g/mol. The molecule has 0 saturated carbocycles. The molecule has 0 N–H and O–H groups in total. The Balaban J connectivity index is 2.33. The van der Waals surface area contributed by atoms with E-state index in [9.17, 15) is 4.79 Å². The molecule has 4 heteroatoms. The van der Waals surface area contributed by atoms with Crippen molar-refractivity contribution in [3.63, 3.8) is 0 Å². The van der Waals surface area contributed by atoms with Gasteiger partial charge in [-0.25, -0.2) is 4.79 Å². The van der Waals surface area contributed by atoms with Crippen molar-refractivity contribution < 1.29 is 9.53 Å². The van der Waals surface area contributed by atoms with Crippen LogP contribution in [0, 0.1) is 0 Å². The minimum atomic E-state index is -0.245. The Hall–Kier alpha value is -0.510. The highest BCUT2D eigenvalue weighted by molar-refractivity contribution is 8.12. The molecule has 0 bridgehead atoms. The van der Waals surface area contributed by atoms with Crippen LogP contribution in [0.25, 0.3) is 0 Å². The van der Waals surface area contributed by atoms with Crippen molar-refractivity contribution in [2.75, 3.05) is 12.4 Å². The summed E-state index contributed by atoms with van der Waals surface area (Å²) in [7, 11) is 0. The molecule has 1 unspecified atom stereocenters. The van der Waals surface area contributed by atoms with Crippen molar-refractivity contribution in [1.29, 1.82) is 0 Å². The second-order valence-electron chi connectivity index (χ2n) is 1.86. The van der Waals surface area contributed by atoms with Crippen molar-refractivity contribution in [1.82, 2.24) is 0 Å². The van der Waals surface area contributed by atoms with Gasteiger partial charge in [-0.1, -0.05) is 0 Å². The molecule has 0 radical (unpaired) electrons. The van der Waals surface area contributed by atoms with Crippen LogP contribution in [0.5, 0.6) is 0 Å². The summed E-state index contributed by atoms with van der Waals surface area (Å²) in [5.41, 5.74) is 1.70. The highest BCUT2D eigenvalue weighted by Crippen LogP contribution is 2.11. The predicted molar refractivity (Wildman–Crippen MR) is 41.4 cm³/mol. The van der Waals surface area contributed by atoms with Gasteiger partial charge in [-0.15, -0.1) is 11.8 Å². The number of esters is 1. The Bertz CT molecular complexity index is 158. The Kier molecular flexibility index (Phi) is 2.74. The van der Waals surface area contributed by atoms with Crippen LogP contribution in [0.1, 0.15) is 6.92 Å². The third kappa shape index (κ3) is 1.73. The second kappa shape index (κ2) is 3.61. The van der Waals surface area contributed by atoms with Crippen LogP contribution < -0.4 is 0 Å². The van der Waals surface area contributed by atoms with Crippen molar-refractivity contribution in [3.05, 3.63) is 0 Å². The van der Waals surface area contributed by atoms with Gasteiger partial charge in [-0.3, -0.25) is 4.99 Å². The summed E-state index contributed by atoms with van der Waals surface area (Å²) in [6, 6.07) is -0.245. The van der Waals surface area contributed by atoms with Gasteiger partial charge in [0.1, 0.15) is 0 Å². The zero-order valence-corrected chi connectivity index (χ0v) is 6.56. The number of aliphatic imine (C=N–C) groups is 1. The quantitative estimate of drug-likeness (QED) is 0.556. The summed E-state index contributed by atoms with van der Waals surface area (Å²) in [6.45, 7) is 2.24. The SMILES string of the molecule is CCOC(=O)C1CSC=N1. The van der Waals surface area contributed by atoms with Gasteiger partial charge in [0.25, 0.3) is 0 Å². The van der Waals surface area contributed by atoms with E-state index in [1.54, 1.807) is 24.2 Å². The largest absolute Gasteiger partial charge is 0.464 e. The number of thioether (sulfide) groups is 1. The maximum atomic E-state index is 10.9. The molecule has 1 rings (SSSR count). The Morgan fingerprint density at radius 2 is 2.80 bits per heavy atom. The molecule has 0 fully saturated rings. The number of ether oxygens (including phenoxy) is 1. The summed E-state index contributed by atoms with van der Waals surface area (Å²) in [5, 5.41) is 0. The Morgan fingerprint density at radius 3 is 3.30 bits per heavy atom. The molecule has 0 aromatic carbocycles. The molecule has 1 aliphatic heterocycles. The summed E-state index contributed by atoms with van der Waals surface area (Å²) in [6.07, 6.45) is 0. The first kappa shape index (κ1) is 7.60. The zero-order chi connectivity index (χ0) is 7.40. The van der Waals surface area contributed by atoms with Crippen LogP contribution in [0.2, 0.25) is 0 Å². The van der Waals surface area contributed by atoms with Gasteiger partial charge < -0.3 is 4.74 Å². The van der Waals surface area contributed by atoms with Crippen LogP contribution in [-0.4, -0.2) is 29.9 Å². The van der Waals surface area contributed by atoms with Crippen molar-refractivity contribution >= 4 is 23.3 Å². The molecule has 0 aromatic heterocycles. The van der Waals surface area contributed by atoms with Crippen molar-refractivity contribution in [2.45, 2.75) is 13.0 Å². The highest BCUT2D eigenvalue weighted by Gasteiger charge is 2.20. The minimum absolute atomic E-state index is 0.205. The van der Waals surface area contributed by atoms with Gasteiger partial charge in [0.2, 0.25) is 0 Å². The predicted octanol–water partition coefficient (Wildman–Crippen LogP) is 0.693. The lowest BCUT2D eigenvalue weighted by atomic mass is 10.4. The van der Waals surface area contributed by atoms with Gasteiger partial charge in [0.05, 0.1) is 12.2 Å². The molecule has 3 nitrogen and oxygen atoms in total. The van der Waals surface area contributed by atoms with Crippen LogP contribution in [0.3, 0.4) is 0 Å². The standard InChI is InChI=1S/C6H9NO2S/c1-2-9-6(8)5-3-10-4-7-5/h4-5H,2-3H2,1H3. The Morgan fingerprint density at radius 1 is 2.00 bits per heavy atom. The molecule has 0 saturated heterocycles. The molecule has 56 valence electrons. The summed E-state index contributed by atoms with van der Waals surface area (Å²) in [4.78, 5) is 14.8. The maximum absolute atomic E-state index is 10.9. The van der Waals surface area contributed by atoms with E-state index in [1.165, 1.54) is 0 Å². The van der Waals surface area contributed by atoms with E-state index < -0.39 is 0 Å². The van der Waals surface area contributed by atoms with Gasteiger partial charge in [0, 0.05) is 5.75 Å². The fourth-order valence-electron chi connectivity index (χ4n) is 0.661. The average Bonchev–Trinajstić information content (AvgIpc) is 2.38. The molecule has 0 amide bonds. The van der Waals surface area contributed by atoms with Crippen LogP contribution in [0.15, 0.2) is 4.99 Å². The number of rotatable bonds is 2. The maximum Gasteiger partial charge on any atom is 0.331 e. The summed E-state index contributed by atoms with van der Waals surface area (Å²) >= 11 is 1.54. The van der Waals surface area contributed by atoms with Crippen molar-refractivity contribution in [3.8, 4) is 0 Å². The van der Waals surface area contributed by atoms with Crippen LogP contribution in [-0.2, 0) is 9.53 Å². The molecule has 10 heavy (non-hydrogen) atoms. The fourth-order valence-corrected chi connectivity index (χ4v) is 1.38. The molecule has 0 spiro atoms. The first-order valence-electron chi connectivity index (χ1n) is 3.14. The lowest BCUT2D eigenvalue weighted by Crippen LogP contribution is -2.21. The number of hydrogen-bond donors (Lipinski definition) is 0. The third-order valence-electron chi connectivity index (χ3n) is 1.13. The normalized spacial score (nSPS) is 23.1. The van der Waals surface area contributed by atoms with Gasteiger partial charge >= 0.3 is 5.97 Å². The summed E-state index contributed by atoms with van der Waals surface area (Å²) < 4.78 is 4.76. The van der Waals surface area contributed by atoms with E-state index in [-0.39, 0.29) is 12.0 Å². The molecule has 1 atom stereocenters. The summed E-state index contributed by atoms with van der Waals surface area (Å²) in [5.74, 6) is 0.530. The molecule has 0 aromatic rings. The van der Waals surface area contributed by atoms with Gasteiger partial charge in [-0.2, -0.15) is 0 Å². The van der Waals surface area contributed by atoms with E-state index in [0.717, 1.165) is 5.75 Å². The zero-order valence-electron chi connectivity index (χ0n) is 5.74. The van der Waals surface area contributed by atoms with Gasteiger partial charge in [-0.05, 0) is 6.92 Å². The lowest BCUT2D eigenvalue weighted by molar-refractivity contribution is -0.143. The second-order valence-corrected chi connectivity index (χ2v) is 2.73. The Labute approximate surface area is 63.9 Å². The highest BCUT2D eigenvalue weighted by atomic mass is 32.2. The van der Waals surface area contributed by atoms with Crippen LogP contribution in [0.4, 0.5) is 0 Å². The lowest BCUT2D eigenvalue weighted by Gasteiger charge is -2.03. The van der Waals surface area contributed by atoms with Crippen molar-refractivity contribution in [2.24, 2.45) is 4.99 Å². The van der Waals surface area contributed by atoms with E-state index in [2.05, 4.69) is 4.99 Å². The smallest absolute Gasteiger partial charge is 0.331 e. The van der Waals surface area contributed by atoms with E-state index in [1.807, 2.05) is 0 Å². The first-order valence-corrected chi connectivity index (χ1v) is 4.19. The third-order valence-corrected chi connectivity index (χ3v) is 1.91. The van der Waals surface area contributed by atoms with Crippen LogP contribution >= 0.6 is 11.8 Å².